The van der Waals surface area contributed by atoms with E-state index < -0.39 is 11.4 Å². The molecule has 0 amide bonds. The summed E-state index contributed by atoms with van der Waals surface area (Å²) in [6.07, 6.45) is 5.67. The van der Waals surface area contributed by atoms with Gasteiger partial charge < -0.3 is 9.84 Å². The summed E-state index contributed by atoms with van der Waals surface area (Å²) >= 11 is 0. The minimum atomic E-state index is -1.05. The van der Waals surface area contributed by atoms with Crippen LogP contribution in [0.4, 0.5) is 0 Å². The molecule has 0 aliphatic heterocycles. The normalized spacial score (nSPS) is 29.1. The molecule has 2 aliphatic rings. The number of carbonyl (C=O) groups is 2. The summed E-state index contributed by atoms with van der Waals surface area (Å²) in [5, 5.41) is 9.63. The Bertz CT molecular complexity index is 539. The van der Waals surface area contributed by atoms with Crippen LogP contribution in [0.2, 0.25) is 0 Å². The molecule has 20 heavy (non-hydrogen) atoms. The van der Waals surface area contributed by atoms with Crippen LogP contribution in [0.1, 0.15) is 27.2 Å². The first-order valence-corrected chi connectivity index (χ1v) is 6.87. The van der Waals surface area contributed by atoms with Crippen LogP contribution in [0.25, 0.3) is 0 Å². The first kappa shape index (κ1) is 14.7. The summed E-state index contributed by atoms with van der Waals surface area (Å²) in [5.41, 5.74) is 1.03. The summed E-state index contributed by atoms with van der Waals surface area (Å²) in [6, 6.07) is 0. The fourth-order valence-electron chi connectivity index (χ4n) is 3.21. The van der Waals surface area contributed by atoms with E-state index in [4.69, 9.17) is 4.74 Å². The van der Waals surface area contributed by atoms with Crippen molar-refractivity contribution in [1.29, 1.82) is 0 Å². The molecule has 0 aromatic carbocycles. The van der Waals surface area contributed by atoms with E-state index in [1.165, 1.54) is 0 Å². The van der Waals surface area contributed by atoms with Gasteiger partial charge in [-0.3, -0.25) is 4.79 Å². The van der Waals surface area contributed by atoms with Crippen molar-refractivity contribution in [3.05, 3.63) is 34.9 Å². The smallest absolute Gasteiger partial charge is 0.335 e. The van der Waals surface area contributed by atoms with Gasteiger partial charge in [0.1, 0.15) is 0 Å². The molecule has 0 aromatic rings. The topological polar surface area (TPSA) is 63.6 Å². The molecule has 2 atom stereocenters. The van der Waals surface area contributed by atoms with E-state index in [1.807, 2.05) is 19.9 Å². The number of allylic oxidation sites excluding steroid dienone is 5. The van der Waals surface area contributed by atoms with E-state index in [1.54, 1.807) is 19.1 Å². The number of carbonyl (C=O) groups excluding carboxylic acids is 2. The van der Waals surface area contributed by atoms with E-state index in [2.05, 4.69) is 0 Å². The van der Waals surface area contributed by atoms with E-state index in [0.29, 0.717) is 12.0 Å². The lowest BCUT2D eigenvalue weighted by atomic mass is 9.68. The number of rotatable bonds is 3. The highest BCUT2D eigenvalue weighted by Crippen LogP contribution is 2.51. The van der Waals surface area contributed by atoms with Crippen molar-refractivity contribution < 1.29 is 19.4 Å². The Morgan fingerprint density at radius 2 is 2.20 bits per heavy atom. The molecule has 4 heteroatoms. The van der Waals surface area contributed by atoms with Crippen molar-refractivity contribution in [1.82, 2.24) is 0 Å². The summed E-state index contributed by atoms with van der Waals surface area (Å²) < 4.78 is 5.11. The summed E-state index contributed by atoms with van der Waals surface area (Å²) in [5.74, 6) is -0.890. The third-order valence-corrected chi connectivity index (χ3v) is 4.11. The van der Waals surface area contributed by atoms with Gasteiger partial charge in [0.2, 0.25) is 0 Å². The van der Waals surface area contributed by atoms with Crippen LogP contribution < -0.4 is 0 Å². The molecule has 0 saturated heterocycles. The second kappa shape index (κ2) is 5.37. The van der Waals surface area contributed by atoms with Crippen LogP contribution in [0.5, 0.6) is 0 Å². The lowest BCUT2D eigenvalue weighted by Crippen LogP contribution is -2.40. The Balaban J connectivity index is 2.54. The molecule has 0 heterocycles. The Labute approximate surface area is 118 Å². The molecule has 0 radical (unpaired) electrons. The maximum atomic E-state index is 12.6. The lowest BCUT2D eigenvalue weighted by Gasteiger charge is -2.33. The second-order valence-electron chi connectivity index (χ2n) is 5.41. The molecule has 2 aliphatic carbocycles. The van der Waals surface area contributed by atoms with Crippen molar-refractivity contribution in [2.24, 2.45) is 11.3 Å². The molecule has 1 N–H and O–H groups in total. The molecular formula is C16H20O4. The fraction of sp³-hybridized carbons (Fsp3) is 0.500. The van der Waals surface area contributed by atoms with Crippen LogP contribution in [0, 0.1) is 11.3 Å². The number of aliphatic hydroxyl groups excluding tert-OH is 1. The zero-order valence-electron chi connectivity index (χ0n) is 12.1. The molecule has 108 valence electrons. The van der Waals surface area contributed by atoms with Crippen molar-refractivity contribution >= 4 is 11.8 Å². The highest BCUT2D eigenvalue weighted by Gasteiger charge is 2.53. The Kier molecular flexibility index (Phi) is 3.95. The van der Waals surface area contributed by atoms with Gasteiger partial charge in [-0.15, -0.1) is 0 Å². The number of hydrogen-bond donors (Lipinski definition) is 1. The van der Waals surface area contributed by atoms with Crippen LogP contribution in [-0.4, -0.2) is 30.1 Å². The Morgan fingerprint density at radius 1 is 1.50 bits per heavy atom. The van der Waals surface area contributed by atoms with Gasteiger partial charge in [0.25, 0.3) is 0 Å². The molecule has 0 unspecified atom stereocenters. The lowest BCUT2D eigenvalue weighted by molar-refractivity contribution is -0.141. The predicted molar refractivity (Wildman–Crippen MR) is 74.9 cm³/mol. The van der Waals surface area contributed by atoms with Gasteiger partial charge in [0.15, 0.2) is 5.78 Å². The predicted octanol–water partition coefficient (Wildman–Crippen LogP) is 1.95. The number of aliphatic hydroxyl groups is 1. The van der Waals surface area contributed by atoms with Gasteiger partial charge in [-0.25, -0.2) is 4.79 Å². The van der Waals surface area contributed by atoms with E-state index in [-0.39, 0.29) is 24.9 Å². The first-order valence-electron chi connectivity index (χ1n) is 6.87. The molecule has 1 spiro atoms. The molecular weight excluding hydrogens is 256 g/mol. The van der Waals surface area contributed by atoms with Crippen molar-refractivity contribution in [3.63, 3.8) is 0 Å². The maximum absolute atomic E-state index is 12.6. The minimum Gasteiger partial charge on any atom is -0.463 e. The monoisotopic (exact) mass is 276 g/mol. The van der Waals surface area contributed by atoms with Crippen molar-refractivity contribution in [3.8, 4) is 0 Å². The van der Waals surface area contributed by atoms with Gasteiger partial charge >= 0.3 is 5.97 Å². The van der Waals surface area contributed by atoms with E-state index in [0.717, 1.165) is 11.1 Å². The molecule has 0 saturated carbocycles. The van der Waals surface area contributed by atoms with Gasteiger partial charge in [0, 0.05) is 12.5 Å². The SMILES string of the molecule is CCOC(=O)C1=C(C)C[C@H](CO)[C@@]12C=CC(C)=CC2=O. The molecule has 2 rings (SSSR count). The van der Waals surface area contributed by atoms with Gasteiger partial charge in [0.05, 0.1) is 17.6 Å². The molecule has 4 nitrogen and oxygen atoms in total. The highest BCUT2D eigenvalue weighted by atomic mass is 16.5. The summed E-state index contributed by atoms with van der Waals surface area (Å²) in [6.45, 7) is 5.54. The third kappa shape index (κ3) is 2.04. The zero-order chi connectivity index (χ0) is 14.9. The zero-order valence-corrected chi connectivity index (χ0v) is 12.1. The largest absolute Gasteiger partial charge is 0.463 e. The average molecular weight is 276 g/mol. The highest BCUT2D eigenvalue weighted by molar-refractivity contribution is 6.09. The van der Waals surface area contributed by atoms with E-state index >= 15 is 0 Å². The molecule has 0 bridgehead atoms. The Morgan fingerprint density at radius 3 is 2.75 bits per heavy atom. The number of hydrogen-bond acceptors (Lipinski definition) is 4. The van der Waals surface area contributed by atoms with E-state index in [9.17, 15) is 14.7 Å². The first-order chi connectivity index (χ1) is 9.47. The van der Waals surface area contributed by atoms with Crippen LogP contribution in [0.15, 0.2) is 34.9 Å². The molecule has 0 aromatic heterocycles. The maximum Gasteiger partial charge on any atom is 0.335 e. The van der Waals surface area contributed by atoms with Gasteiger partial charge in [-0.2, -0.15) is 0 Å². The molecule has 0 fully saturated rings. The van der Waals surface area contributed by atoms with Crippen LogP contribution in [-0.2, 0) is 14.3 Å². The minimum absolute atomic E-state index is 0.136. The fourth-order valence-corrected chi connectivity index (χ4v) is 3.21. The number of ether oxygens (including phenoxy) is 1. The number of esters is 1. The average Bonchev–Trinajstić information content (AvgIpc) is 2.68. The van der Waals surface area contributed by atoms with Crippen LogP contribution in [0.3, 0.4) is 0 Å². The number of ketones is 1. The summed E-state index contributed by atoms with van der Waals surface area (Å²) in [4.78, 5) is 24.8. The summed E-state index contributed by atoms with van der Waals surface area (Å²) in [7, 11) is 0. The van der Waals surface area contributed by atoms with Crippen molar-refractivity contribution in [2.45, 2.75) is 27.2 Å². The van der Waals surface area contributed by atoms with Crippen molar-refractivity contribution in [2.75, 3.05) is 13.2 Å². The quantitative estimate of drug-likeness (QED) is 0.800. The third-order valence-electron chi connectivity index (χ3n) is 4.11. The standard InChI is InChI=1S/C16H20O4/c1-4-20-15(19)14-11(3)8-12(9-17)16(14)6-5-10(2)7-13(16)18/h5-7,12,17H,4,8-9H2,1-3H3/t12-,16-/m1/s1. The van der Waals surface area contributed by atoms with Gasteiger partial charge in [-0.1, -0.05) is 17.7 Å². The van der Waals surface area contributed by atoms with Gasteiger partial charge in [-0.05, 0) is 38.8 Å². The second-order valence-corrected chi connectivity index (χ2v) is 5.41. The van der Waals surface area contributed by atoms with Crippen LogP contribution >= 0.6 is 0 Å². The Hall–Kier alpha value is -1.68.